The molecule has 0 saturated heterocycles. The first kappa shape index (κ1) is 13.8. The summed E-state index contributed by atoms with van der Waals surface area (Å²) in [6, 6.07) is 7.44. The van der Waals surface area contributed by atoms with Crippen LogP contribution in [0.2, 0.25) is 0 Å². The minimum absolute atomic E-state index is 0.0502. The number of aryl methyl sites for hydroxylation is 1. The molecule has 6 heteroatoms. The van der Waals surface area contributed by atoms with Crippen LogP contribution in [-0.4, -0.2) is 11.3 Å². The van der Waals surface area contributed by atoms with E-state index in [1.54, 1.807) is 25.1 Å². The summed E-state index contributed by atoms with van der Waals surface area (Å²) in [5.74, 6) is 0.0979. The van der Waals surface area contributed by atoms with Gasteiger partial charge in [-0.15, -0.1) is 0 Å². The fourth-order valence-corrected chi connectivity index (χ4v) is 2.02. The second kappa shape index (κ2) is 5.33. The van der Waals surface area contributed by atoms with E-state index in [-0.39, 0.29) is 16.7 Å². The van der Waals surface area contributed by atoms with Crippen LogP contribution in [0.4, 0.5) is 5.69 Å². The summed E-state index contributed by atoms with van der Waals surface area (Å²) in [5.41, 5.74) is -0.0159. The van der Waals surface area contributed by atoms with Crippen LogP contribution in [0.3, 0.4) is 0 Å². The van der Waals surface area contributed by atoms with E-state index in [1.165, 1.54) is 24.6 Å². The molecule has 3 aromatic rings. The van der Waals surface area contributed by atoms with E-state index in [4.69, 9.17) is 8.83 Å². The molecule has 0 unspecified atom stereocenters. The lowest BCUT2D eigenvalue weighted by Gasteiger charge is -1.99. The molecule has 0 spiro atoms. The van der Waals surface area contributed by atoms with Crippen LogP contribution in [0, 0.1) is 6.92 Å². The summed E-state index contributed by atoms with van der Waals surface area (Å²) in [7, 11) is 0. The van der Waals surface area contributed by atoms with Crippen LogP contribution in [0.15, 0.2) is 60.0 Å². The third-order valence-corrected chi connectivity index (χ3v) is 3.08. The molecular formula is C16H11NO5. The van der Waals surface area contributed by atoms with E-state index in [9.17, 15) is 14.7 Å². The Labute approximate surface area is 124 Å². The highest BCUT2D eigenvalue weighted by Gasteiger charge is 2.07. The molecule has 0 aliphatic rings. The number of aromatic hydroxyl groups is 1. The first-order valence-electron chi connectivity index (χ1n) is 6.44. The van der Waals surface area contributed by atoms with Gasteiger partial charge in [-0.3, -0.25) is 9.79 Å². The van der Waals surface area contributed by atoms with Gasteiger partial charge in [-0.2, -0.15) is 0 Å². The SMILES string of the molecule is Cc1cc(O)c(C=Nc2ccc3occc(=O)c3c2)c(=O)o1. The van der Waals surface area contributed by atoms with Gasteiger partial charge in [0.25, 0.3) is 0 Å². The lowest BCUT2D eigenvalue weighted by molar-refractivity contribution is 0.433. The molecule has 0 saturated carbocycles. The number of hydrogen-bond donors (Lipinski definition) is 1. The highest BCUT2D eigenvalue weighted by molar-refractivity contribution is 5.86. The van der Waals surface area contributed by atoms with Crippen molar-refractivity contribution in [3.8, 4) is 5.75 Å². The Balaban J connectivity index is 2.05. The second-order valence-corrected chi connectivity index (χ2v) is 4.67. The van der Waals surface area contributed by atoms with E-state index >= 15 is 0 Å². The standard InChI is InChI=1S/C16H11NO5/c1-9-6-14(19)12(16(20)22-9)8-17-10-2-3-15-11(7-10)13(18)4-5-21-15/h2-8,19H,1H3. The van der Waals surface area contributed by atoms with Crippen molar-refractivity contribution in [2.45, 2.75) is 6.92 Å². The van der Waals surface area contributed by atoms with Gasteiger partial charge in [-0.25, -0.2) is 4.79 Å². The van der Waals surface area contributed by atoms with Crippen molar-refractivity contribution in [2.24, 2.45) is 4.99 Å². The molecule has 0 fully saturated rings. The molecule has 0 atom stereocenters. The Morgan fingerprint density at radius 1 is 1.18 bits per heavy atom. The Morgan fingerprint density at radius 2 is 2.00 bits per heavy atom. The van der Waals surface area contributed by atoms with Gasteiger partial charge in [-0.1, -0.05) is 0 Å². The molecule has 0 aliphatic heterocycles. The van der Waals surface area contributed by atoms with Crippen molar-refractivity contribution in [1.82, 2.24) is 0 Å². The van der Waals surface area contributed by atoms with Crippen LogP contribution in [0.25, 0.3) is 11.0 Å². The van der Waals surface area contributed by atoms with Gasteiger partial charge >= 0.3 is 5.63 Å². The van der Waals surface area contributed by atoms with Gasteiger partial charge in [-0.05, 0) is 25.1 Å². The van der Waals surface area contributed by atoms with Crippen molar-refractivity contribution in [2.75, 3.05) is 0 Å². The van der Waals surface area contributed by atoms with Crippen LogP contribution in [0.5, 0.6) is 5.75 Å². The van der Waals surface area contributed by atoms with Gasteiger partial charge < -0.3 is 13.9 Å². The lowest BCUT2D eigenvalue weighted by atomic mass is 10.2. The normalized spacial score (nSPS) is 11.3. The van der Waals surface area contributed by atoms with Gasteiger partial charge in [0.2, 0.25) is 0 Å². The van der Waals surface area contributed by atoms with E-state index in [1.807, 2.05) is 0 Å². The summed E-state index contributed by atoms with van der Waals surface area (Å²) in [5, 5.41) is 10.1. The highest BCUT2D eigenvalue weighted by Crippen LogP contribution is 2.19. The number of fused-ring (bicyclic) bond motifs is 1. The number of hydrogen-bond acceptors (Lipinski definition) is 6. The summed E-state index contributed by atoms with van der Waals surface area (Å²) in [4.78, 5) is 27.5. The molecule has 0 bridgehead atoms. The van der Waals surface area contributed by atoms with Crippen LogP contribution in [0.1, 0.15) is 11.3 Å². The predicted molar refractivity (Wildman–Crippen MR) is 81.1 cm³/mol. The quantitative estimate of drug-likeness (QED) is 0.733. The summed E-state index contributed by atoms with van der Waals surface area (Å²) in [6.07, 6.45) is 2.52. The van der Waals surface area contributed by atoms with Gasteiger partial charge in [0.1, 0.15) is 22.7 Å². The molecule has 0 radical (unpaired) electrons. The monoisotopic (exact) mass is 297 g/mol. The summed E-state index contributed by atoms with van der Waals surface area (Å²) >= 11 is 0. The number of benzene rings is 1. The minimum atomic E-state index is -0.679. The zero-order valence-electron chi connectivity index (χ0n) is 11.6. The van der Waals surface area contributed by atoms with Crippen molar-refractivity contribution in [3.63, 3.8) is 0 Å². The van der Waals surface area contributed by atoms with Crippen LogP contribution < -0.4 is 11.1 Å². The fourth-order valence-electron chi connectivity index (χ4n) is 2.02. The Bertz CT molecular complexity index is 997. The lowest BCUT2D eigenvalue weighted by Crippen LogP contribution is -2.07. The molecule has 0 aliphatic carbocycles. The Hall–Kier alpha value is -3.15. The summed E-state index contributed by atoms with van der Waals surface area (Å²) in [6.45, 7) is 1.56. The Morgan fingerprint density at radius 3 is 2.77 bits per heavy atom. The van der Waals surface area contributed by atoms with Gasteiger partial charge in [0.05, 0.1) is 17.3 Å². The predicted octanol–water partition coefficient (Wildman–Crippen LogP) is 2.51. The zero-order chi connectivity index (χ0) is 15.7. The second-order valence-electron chi connectivity index (χ2n) is 4.67. The van der Waals surface area contributed by atoms with E-state index in [2.05, 4.69) is 4.99 Å². The largest absolute Gasteiger partial charge is 0.507 e. The van der Waals surface area contributed by atoms with E-state index < -0.39 is 5.63 Å². The highest BCUT2D eigenvalue weighted by atomic mass is 16.4. The van der Waals surface area contributed by atoms with Crippen molar-refractivity contribution < 1.29 is 13.9 Å². The maximum absolute atomic E-state index is 11.7. The molecule has 2 aromatic heterocycles. The molecule has 1 N–H and O–H groups in total. The topological polar surface area (TPSA) is 93.0 Å². The van der Waals surface area contributed by atoms with Crippen LogP contribution >= 0.6 is 0 Å². The van der Waals surface area contributed by atoms with Crippen molar-refractivity contribution in [1.29, 1.82) is 0 Å². The molecule has 3 rings (SSSR count). The Kier molecular flexibility index (Phi) is 3.34. The molecule has 0 amide bonds. The van der Waals surface area contributed by atoms with Gasteiger partial charge in [0.15, 0.2) is 5.43 Å². The smallest absolute Gasteiger partial charge is 0.348 e. The van der Waals surface area contributed by atoms with Gasteiger partial charge in [0, 0.05) is 18.3 Å². The zero-order valence-corrected chi connectivity index (χ0v) is 11.6. The molecule has 22 heavy (non-hydrogen) atoms. The molecule has 110 valence electrons. The first-order chi connectivity index (χ1) is 10.5. The average molecular weight is 297 g/mol. The van der Waals surface area contributed by atoms with Crippen molar-refractivity contribution in [3.05, 3.63) is 68.6 Å². The van der Waals surface area contributed by atoms with Crippen molar-refractivity contribution >= 4 is 22.9 Å². The fraction of sp³-hybridized carbons (Fsp3) is 0.0625. The molecular weight excluding hydrogens is 286 g/mol. The number of aliphatic imine (C=N–C) groups is 1. The molecule has 2 heterocycles. The van der Waals surface area contributed by atoms with Crippen LogP contribution in [-0.2, 0) is 0 Å². The molecule has 6 nitrogen and oxygen atoms in total. The number of nitrogens with zero attached hydrogens (tertiary/aromatic N) is 1. The van der Waals surface area contributed by atoms with E-state index in [0.29, 0.717) is 22.4 Å². The average Bonchev–Trinajstić information content (AvgIpc) is 2.47. The number of rotatable bonds is 2. The maximum atomic E-state index is 11.7. The molecule has 1 aromatic carbocycles. The summed E-state index contributed by atoms with van der Waals surface area (Å²) < 4.78 is 10.1. The maximum Gasteiger partial charge on any atom is 0.348 e. The first-order valence-corrected chi connectivity index (χ1v) is 6.44. The third kappa shape index (κ3) is 2.54. The van der Waals surface area contributed by atoms with E-state index in [0.717, 1.165) is 0 Å². The third-order valence-electron chi connectivity index (χ3n) is 3.08. The minimum Gasteiger partial charge on any atom is -0.507 e.